The van der Waals surface area contributed by atoms with E-state index in [4.69, 9.17) is 10.3 Å². The van der Waals surface area contributed by atoms with Crippen LogP contribution in [0.25, 0.3) is 11.4 Å². The first kappa shape index (κ1) is 10.4. The summed E-state index contributed by atoms with van der Waals surface area (Å²) in [5, 5.41) is 3.77. The number of aromatic nitrogens is 2. The lowest BCUT2D eigenvalue weighted by atomic mass is 10.2. The highest BCUT2D eigenvalue weighted by Gasteiger charge is 2.33. The second-order valence-corrected chi connectivity index (χ2v) is 4.30. The van der Waals surface area contributed by atoms with Gasteiger partial charge in [-0.25, -0.2) is 4.39 Å². The second-order valence-electron chi connectivity index (χ2n) is 4.30. The highest BCUT2D eigenvalue weighted by atomic mass is 19.1. The molecule has 0 radical (unpaired) electrons. The largest absolute Gasteiger partial charge is 0.337 e. The number of benzene rings is 1. The number of hydrogen-bond donors (Lipinski definition) is 1. The van der Waals surface area contributed by atoms with Crippen molar-refractivity contribution in [3.63, 3.8) is 0 Å². The van der Waals surface area contributed by atoms with E-state index in [0.717, 1.165) is 12.8 Å². The Morgan fingerprint density at radius 2 is 2.12 bits per heavy atom. The van der Waals surface area contributed by atoms with Gasteiger partial charge in [0.25, 0.3) is 0 Å². The van der Waals surface area contributed by atoms with Crippen molar-refractivity contribution in [3.05, 3.63) is 36.0 Å². The average Bonchev–Trinajstić information content (AvgIpc) is 3.07. The van der Waals surface area contributed by atoms with Crippen LogP contribution < -0.4 is 5.73 Å². The summed E-state index contributed by atoms with van der Waals surface area (Å²) in [6.07, 6.45) is 2.19. The predicted molar refractivity (Wildman–Crippen MR) is 59.3 cm³/mol. The third kappa shape index (κ3) is 1.93. The first-order chi connectivity index (χ1) is 8.25. The van der Waals surface area contributed by atoms with Crippen LogP contribution in [-0.4, -0.2) is 10.1 Å². The molecule has 1 unspecified atom stereocenters. The van der Waals surface area contributed by atoms with Crippen LogP contribution in [-0.2, 0) is 0 Å². The lowest BCUT2D eigenvalue weighted by Gasteiger charge is -2.01. The molecule has 3 rings (SSSR count). The molecule has 0 saturated heterocycles. The highest BCUT2D eigenvalue weighted by Crippen LogP contribution is 2.39. The molecule has 0 amide bonds. The molecule has 17 heavy (non-hydrogen) atoms. The van der Waals surface area contributed by atoms with E-state index in [1.807, 2.05) is 0 Å². The van der Waals surface area contributed by atoms with Gasteiger partial charge in [-0.3, -0.25) is 0 Å². The van der Waals surface area contributed by atoms with Gasteiger partial charge in [-0.1, -0.05) is 17.3 Å². The van der Waals surface area contributed by atoms with E-state index in [1.54, 1.807) is 18.2 Å². The standard InChI is InChI=1S/C12H12FN3O/c13-9-4-2-1-3-8(9)11-15-12(17-16-11)10(14)7-5-6-7/h1-4,7,10H,5-6,14H2. The van der Waals surface area contributed by atoms with Crippen molar-refractivity contribution < 1.29 is 8.91 Å². The molecule has 1 aliphatic rings. The lowest BCUT2D eigenvalue weighted by Crippen LogP contribution is -2.12. The summed E-state index contributed by atoms with van der Waals surface area (Å²) in [7, 11) is 0. The predicted octanol–water partition coefficient (Wildman–Crippen LogP) is 2.29. The fourth-order valence-corrected chi connectivity index (χ4v) is 1.78. The zero-order valence-electron chi connectivity index (χ0n) is 9.14. The maximum atomic E-state index is 13.5. The van der Waals surface area contributed by atoms with E-state index < -0.39 is 0 Å². The molecule has 0 aliphatic heterocycles. The van der Waals surface area contributed by atoms with E-state index in [0.29, 0.717) is 17.4 Å². The quantitative estimate of drug-likeness (QED) is 0.883. The van der Waals surface area contributed by atoms with E-state index >= 15 is 0 Å². The van der Waals surface area contributed by atoms with Gasteiger partial charge < -0.3 is 10.3 Å². The summed E-state index contributed by atoms with van der Waals surface area (Å²) in [5.41, 5.74) is 6.28. The number of nitrogens with zero attached hydrogens (tertiary/aromatic N) is 2. The summed E-state index contributed by atoms with van der Waals surface area (Å²) in [6, 6.07) is 6.12. The Morgan fingerprint density at radius 1 is 1.35 bits per heavy atom. The Hall–Kier alpha value is -1.75. The van der Waals surface area contributed by atoms with Gasteiger partial charge in [0.2, 0.25) is 11.7 Å². The Morgan fingerprint density at radius 3 is 2.82 bits per heavy atom. The van der Waals surface area contributed by atoms with Gasteiger partial charge in [-0.15, -0.1) is 0 Å². The van der Waals surface area contributed by atoms with Crippen LogP contribution >= 0.6 is 0 Å². The minimum atomic E-state index is -0.361. The molecule has 2 N–H and O–H groups in total. The van der Waals surface area contributed by atoms with Crippen LogP contribution in [0.15, 0.2) is 28.8 Å². The van der Waals surface area contributed by atoms with Crippen molar-refractivity contribution in [1.82, 2.24) is 10.1 Å². The molecule has 1 heterocycles. The van der Waals surface area contributed by atoms with Crippen molar-refractivity contribution in [3.8, 4) is 11.4 Å². The molecule has 1 aliphatic carbocycles. The fraction of sp³-hybridized carbons (Fsp3) is 0.333. The van der Waals surface area contributed by atoms with Crippen molar-refractivity contribution >= 4 is 0 Å². The molecule has 1 atom stereocenters. The summed E-state index contributed by atoms with van der Waals surface area (Å²) in [5.74, 6) is 0.726. The Kier molecular flexibility index (Phi) is 2.40. The van der Waals surface area contributed by atoms with Crippen molar-refractivity contribution in [2.45, 2.75) is 18.9 Å². The third-order valence-corrected chi connectivity index (χ3v) is 2.97. The van der Waals surface area contributed by atoms with Crippen molar-refractivity contribution in [1.29, 1.82) is 0 Å². The van der Waals surface area contributed by atoms with Crippen LogP contribution in [0.1, 0.15) is 24.8 Å². The molecule has 0 spiro atoms. The zero-order valence-corrected chi connectivity index (χ0v) is 9.14. The summed E-state index contributed by atoms with van der Waals surface area (Å²) in [4.78, 5) is 4.16. The number of hydrogen-bond acceptors (Lipinski definition) is 4. The van der Waals surface area contributed by atoms with Gasteiger partial charge in [0.15, 0.2) is 0 Å². The SMILES string of the molecule is NC(c1nc(-c2ccccc2F)no1)C1CC1. The van der Waals surface area contributed by atoms with E-state index in [1.165, 1.54) is 6.07 Å². The van der Waals surface area contributed by atoms with Gasteiger partial charge in [-0.2, -0.15) is 4.98 Å². The molecular weight excluding hydrogens is 221 g/mol. The van der Waals surface area contributed by atoms with Crippen LogP contribution in [0.2, 0.25) is 0 Å². The van der Waals surface area contributed by atoms with Crippen molar-refractivity contribution in [2.75, 3.05) is 0 Å². The Labute approximate surface area is 97.6 Å². The van der Waals surface area contributed by atoms with Gasteiger partial charge in [0.05, 0.1) is 11.6 Å². The first-order valence-corrected chi connectivity index (χ1v) is 5.60. The molecule has 1 aromatic heterocycles. The maximum Gasteiger partial charge on any atom is 0.244 e. The molecule has 1 aromatic carbocycles. The number of nitrogens with two attached hydrogens (primary N) is 1. The average molecular weight is 233 g/mol. The molecular formula is C12H12FN3O. The van der Waals surface area contributed by atoms with E-state index in [2.05, 4.69) is 10.1 Å². The van der Waals surface area contributed by atoms with Crippen LogP contribution in [0.4, 0.5) is 4.39 Å². The Balaban J connectivity index is 1.92. The molecule has 0 bridgehead atoms. The van der Waals surface area contributed by atoms with Gasteiger partial charge in [0.1, 0.15) is 5.82 Å². The molecule has 5 heteroatoms. The topological polar surface area (TPSA) is 64.9 Å². The third-order valence-electron chi connectivity index (χ3n) is 2.97. The lowest BCUT2D eigenvalue weighted by molar-refractivity contribution is 0.343. The first-order valence-electron chi connectivity index (χ1n) is 5.60. The smallest absolute Gasteiger partial charge is 0.244 e. The molecule has 1 saturated carbocycles. The summed E-state index contributed by atoms with van der Waals surface area (Å²) < 4.78 is 18.6. The molecule has 2 aromatic rings. The van der Waals surface area contributed by atoms with E-state index in [-0.39, 0.29) is 17.7 Å². The van der Waals surface area contributed by atoms with Crippen LogP contribution in [0, 0.1) is 11.7 Å². The van der Waals surface area contributed by atoms with Gasteiger partial charge in [0, 0.05) is 0 Å². The van der Waals surface area contributed by atoms with Crippen LogP contribution in [0.3, 0.4) is 0 Å². The fourth-order valence-electron chi connectivity index (χ4n) is 1.78. The monoisotopic (exact) mass is 233 g/mol. The number of halogens is 1. The molecule has 4 nitrogen and oxygen atoms in total. The van der Waals surface area contributed by atoms with Crippen LogP contribution in [0.5, 0.6) is 0 Å². The summed E-state index contributed by atoms with van der Waals surface area (Å²) in [6.45, 7) is 0. The van der Waals surface area contributed by atoms with Crippen molar-refractivity contribution in [2.24, 2.45) is 11.7 Å². The highest BCUT2D eigenvalue weighted by molar-refractivity contribution is 5.54. The molecule has 88 valence electrons. The number of rotatable bonds is 3. The second kappa shape index (κ2) is 3.92. The maximum absolute atomic E-state index is 13.5. The van der Waals surface area contributed by atoms with Gasteiger partial charge >= 0.3 is 0 Å². The summed E-state index contributed by atoms with van der Waals surface area (Å²) >= 11 is 0. The molecule has 1 fully saturated rings. The minimum absolute atomic E-state index is 0.219. The normalized spacial score (nSPS) is 17.1. The van der Waals surface area contributed by atoms with Gasteiger partial charge in [-0.05, 0) is 30.9 Å². The minimum Gasteiger partial charge on any atom is -0.337 e. The zero-order chi connectivity index (χ0) is 11.8. The van der Waals surface area contributed by atoms with E-state index in [9.17, 15) is 4.39 Å². The Bertz CT molecular complexity index is 536.